The van der Waals surface area contributed by atoms with Crippen LogP contribution in [0.2, 0.25) is 5.02 Å². The number of alkyl halides is 3. The molecule has 0 bridgehead atoms. The zero-order chi connectivity index (χ0) is 37.8. The highest BCUT2D eigenvalue weighted by molar-refractivity contribution is 6.35. The van der Waals surface area contributed by atoms with Gasteiger partial charge in [0.05, 0.1) is 42.2 Å². The second-order valence-electron chi connectivity index (χ2n) is 13.7. The SMILES string of the molecule is COc1nc(-c2ccnc(-c3cccc4c3CC[C@@H]4Nc3nc(OC)c(CNC4CCOCC4)cc3C(F)(F)F)c2Cl)ccc1CNC[C@@H]1CCC(=O)N1. The first kappa shape index (κ1) is 37.8. The summed E-state index contributed by atoms with van der Waals surface area (Å²) in [7, 11) is 2.98. The van der Waals surface area contributed by atoms with E-state index in [9.17, 15) is 18.0 Å². The summed E-state index contributed by atoms with van der Waals surface area (Å²) >= 11 is 7.08. The van der Waals surface area contributed by atoms with E-state index in [0.29, 0.717) is 79.0 Å². The van der Waals surface area contributed by atoms with Crippen molar-refractivity contribution in [3.05, 3.63) is 81.5 Å². The number of hydrogen-bond acceptors (Lipinski definition) is 10. The van der Waals surface area contributed by atoms with Gasteiger partial charge in [0.1, 0.15) is 5.82 Å². The number of hydrogen-bond donors (Lipinski definition) is 4. The molecule has 7 rings (SSSR count). The first-order valence-corrected chi connectivity index (χ1v) is 18.5. The van der Waals surface area contributed by atoms with Crippen LogP contribution >= 0.6 is 11.6 Å². The molecule has 1 aromatic carbocycles. The molecular formula is C39H43ClF3N7O4. The van der Waals surface area contributed by atoms with Gasteiger partial charge in [-0.1, -0.05) is 35.9 Å². The summed E-state index contributed by atoms with van der Waals surface area (Å²) in [6.45, 7) is 2.58. The van der Waals surface area contributed by atoms with Crippen LogP contribution in [0.5, 0.6) is 11.8 Å². The minimum atomic E-state index is -4.64. The van der Waals surface area contributed by atoms with Crippen LogP contribution in [0.3, 0.4) is 0 Å². The van der Waals surface area contributed by atoms with Crippen LogP contribution in [-0.4, -0.2) is 66.9 Å². The molecule has 2 saturated heterocycles. The number of methoxy groups -OCH3 is 2. The third kappa shape index (κ3) is 8.26. The highest BCUT2D eigenvalue weighted by Gasteiger charge is 2.37. The third-order valence-electron chi connectivity index (χ3n) is 10.3. The molecule has 5 heterocycles. The van der Waals surface area contributed by atoms with Gasteiger partial charge in [0.2, 0.25) is 17.7 Å². The molecule has 0 unspecified atom stereocenters. The second kappa shape index (κ2) is 16.5. The molecule has 4 N–H and O–H groups in total. The van der Waals surface area contributed by atoms with E-state index in [1.54, 1.807) is 19.4 Å². The maximum Gasteiger partial charge on any atom is 0.419 e. The Labute approximate surface area is 316 Å². The van der Waals surface area contributed by atoms with Gasteiger partial charge >= 0.3 is 6.18 Å². The van der Waals surface area contributed by atoms with Crippen molar-refractivity contribution in [2.75, 3.05) is 39.3 Å². The number of rotatable bonds is 13. The summed E-state index contributed by atoms with van der Waals surface area (Å²) in [4.78, 5) is 25.3. The topological polar surface area (TPSA) is 132 Å². The van der Waals surface area contributed by atoms with E-state index in [1.165, 1.54) is 7.11 Å². The van der Waals surface area contributed by atoms with Crippen LogP contribution < -0.4 is 30.7 Å². The smallest absolute Gasteiger partial charge is 0.419 e. The number of amides is 1. The normalized spacial score (nSPS) is 18.7. The zero-order valence-corrected chi connectivity index (χ0v) is 30.9. The lowest BCUT2D eigenvalue weighted by Gasteiger charge is -2.24. The third-order valence-corrected chi connectivity index (χ3v) is 10.7. The van der Waals surface area contributed by atoms with E-state index in [0.717, 1.165) is 47.6 Å². The van der Waals surface area contributed by atoms with Crippen molar-refractivity contribution in [1.82, 2.24) is 30.9 Å². The van der Waals surface area contributed by atoms with E-state index >= 15 is 0 Å². The fourth-order valence-electron chi connectivity index (χ4n) is 7.49. The summed E-state index contributed by atoms with van der Waals surface area (Å²) in [5.74, 6) is 0.383. The molecule has 3 aliphatic rings. The molecule has 11 nitrogen and oxygen atoms in total. The maximum absolute atomic E-state index is 14.5. The summed E-state index contributed by atoms with van der Waals surface area (Å²) < 4.78 is 60.1. The first-order valence-electron chi connectivity index (χ1n) is 18.2. The Balaban J connectivity index is 1.12. The number of carbonyl (C=O) groups excluding carboxylic acids is 1. The average molecular weight is 766 g/mol. The molecule has 2 aliphatic heterocycles. The van der Waals surface area contributed by atoms with Crippen LogP contribution in [0.1, 0.15) is 66.0 Å². The van der Waals surface area contributed by atoms with Crippen LogP contribution in [0, 0.1) is 0 Å². The largest absolute Gasteiger partial charge is 0.481 e. The second-order valence-corrected chi connectivity index (χ2v) is 14.1. The van der Waals surface area contributed by atoms with Gasteiger partial charge < -0.3 is 35.5 Å². The molecule has 15 heteroatoms. The Morgan fingerprint density at radius 3 is 2.48 bits per heavy atom. The van der Waals surface area contributed by atoms with Crippen LogP contribution in [0.15, 0.2) is 48.7 Å². The van der Waals surface area contributed by atoms with Gasteiger partial charge in [-0.05, 0) is 61.4 Å². The van der Waals surface area contributed by atoms with E-state index in [-0.39, 0.29) is 36.2 Å². The van der Waals surface area contributed by atoms with Crippen molar-refractivity contribution < 1.29 is 32.2 Å². The maximum atomic E-state index is 14.5. The van der Waals surface area contributed by atoms with Crippen LogP contribution in [0.4, 0.5) is 19.0 Å². The summed E-state index contributed by atoms with van der Waals surface area (Å²) in [5, 5.41) is 13.2. The molecule has 2 fully saturated rings. The van der Waals surface area contributed by atoms with Crippen molar-refractivity contribution >= 4 is 23.3 Å². The minimum absolute atomic E-state index is 0.0737. The summed E-state index contributed by atoms with van der Waals surface area (Å²) in [6, 6.07) is 12.3. The monoisotopic (exact) mass is 765 g/mol. The predicted octanol–water partition coefficient (Wildman–Crippen LogP) is 6.63. The number of pyridine rings is 3. The fourth-order valence-corrected chi connectivity index (χ4v) is 7.80. The Kier molecular flexibility index (Phi) is 11.5. The van der Waals surface area contributed by atoms with Crippen LogP contribution in [-0.2, 0) is 35.2 Å². The number of aromatic nitrogens is 3. The number of benzene rings is 1. The molecule has 54 heavy (non-hydrogen) atoms. The molecular weight excluding hydrogens is 723 g/mol. The number of nitrogens with one attached hydrogen (secondary N) is 4. The van der Waals surface area contributed by atoms with Crippen molar-refractivity contribution in [3.8, 4) is 34.3 Å². The standard InChI is InChI=1S/C39H43ClF3N7O4/c1-52-37-22(19-44-21-25-7-11-33(51)47-25)6-9-32(49-37)29-12-15-45-35(34(29)40)28-5-3-4-27-26(28)8-10-31(27)48-36-30(39(41,42)43)18-23(38(50-36)53-2)20-46-24-13-16-54-17-14-24/h3-6,9,12,15,18,24-25,31,44,46H,7-8,10-11,13-14,16-17,19-21H2,1-2H3,(H,47,51)(H,48,50)/t25-,31-/m0/s1. The van der Waals surface area contributed by atoms with Gasteiger partial charge in [0.15, 0.2) is 0 Å². The zero-order valence-electron chi connectivity index (χ0n) is 30.1. The van der Waals surface area contributed by atoms with Crippen molar-refractivity contribution in [3.63, 3.8) is 0 Å². The number of carbonyl (C=O) groups is 1. The lowest BCUT2D eigenvalue weighted by molar-refractivity contribution is -0.137. The number of nitrogens with zero attached hydrogens (tertiary/aromatic N) is 3. The first-order chi connectivity index (χ1) is 26.1. The van der Waals surface area contributed by atoms with Crippen molar-refractivity contribution in [1.29, 1.82) is 0 Å². The van der Waals surface area contributed by atoms with E-state index in [4.69, 9.17) is 30.8 Å². The van der Waals surface area contributed by atoms with Crippen molar-refractivity contribution in [2.24, 2.45) is 0 Å². The van der Waals surface area contributed by atoms with Gasteiger partial charge in [0.25, 0.3) is 0 Å². The Morgan fingerprint density at radius 2 is 1.74 bits per heavy atom. The van der Waals surface area contributed by atoms with Gasteiger partial charge in [-0.25, -0.2) is 4.98 Å². The highest BCUT2D eigenvalue weighted by Crippen LogP contribution is 2.44. The van der Waals surface area contributed by atoms with E-state index in [1.807, 2.05) is 30.3 Å². The lowest BCUT2D eigenvalue weighted by atomic mass is 9.98. The Bertz CT molecular complexity index is 1990. The molecule has 286 valence electrons. The van der Waals surface area contributed by atoms with Gasteiger partial charge in [-0.3, -0.25) is 9.78 Å². The number of fused-ring (bicyclic) bond motifs is 1. The molecule has 4 aromatic rings. The molecule has 0 spiro atoms. The molecule has 2 atom stereocenters. The van der Waals surface area contributed by atoms with Gasteiger partial charge in [-0.15, -0.1) is 0 Å². The fraction of sp³-hybridized carbons (Fsp3) is 0.436. The molecule has 3 aromatic heterocycles. The van der Waals surface area contributed by atoms with Crippen LogP contribution in [0.25, 0.3) is 22.5 Å². The highest BCUT2D eigenvalue weighted by atomic mass is 35.5. The van der Waals surface area contributed by atoms with Gasteiger partial charge in [0, 0.05) is 79.8 Å². The Morgan fingerprint density at radius 1 is 0.944 bits per heavy atom. The number of ether oxygens (including phenoxy) is 3. The molecule has 1 amide bonds. The quantitative estimate of drug-likeness (QED) is 0.118. The van der Waals surface area contributed by atoms with Crippen molar-refractivity contribution in [2.45, 2.75) is 75.9 Å². The summed E-state index contributed by atoms with van der Waals surface area (Å²) in [6.07, 6.45) is 1.09. The van der Waals surface area contributed by atoms with E-state index < -0.39 is 17.8 Å². The molecule has 1 aliphatic carbocycles. The molecule has 0 radical (unpaired) electrons. The predicted molar refractivity (Wildman–Crippen MR) is 198 cm³/mol. The average Bonchev–Trinajstić information content (AvgIpc) is 3.79. The number of anilines is 1. The van der Waals surface area contributed by atoms with Gasteiger partial charge in [-0.2, -0.15) is 18.2 Å². The Hall–Kier alpha value is -4.50. The molecule has 0 saturated carbocycles. The minimum Gasteiger partial charge on any atom is -0.481 e. The lowest BCUT2D eigenvalue weighted by Crippen LogP contribution is -2.35. The summed E-state index contributed by atoms with van der Waals surface area (Å²) in [5.41, 5.74) is 4.76. The number of halogens is 4. The van der Waals surface area contributed by atoms with E-state index in [2.05, 4.69) is 31.2 Å².